The number of nitrogens with zero attached hydrogens (tertiary/aromatic N) is 5. The minimum Gasteiger partial charge on any atom is -0.464 e. The van der Waals surface area contributed by atoms with E-state index in [0.717, 1.165) is 0 Å². The summed E-state index contributed by atoms with van der Waals surface area (Å²) < 4.78 is 54.6. The van der Waals surface area contributed by atoms with Gasteiger partial charge in [0.25, 0.3) is 0 Å². The summed E-state index contributed by atoms with van der Waals surface area (Å²) >= 11 is 0. The van der Waals surface area contributed by atoms with Gasteiger partial charge in [0.15, 0.2) is 23.1 Å². The summed E-state index contributed by atoms with van der Waals surface area (Å²) in [4.78, 5) is 66.6. The first-order valence-corrected chi connectivity index (χ1v) is 19.7. The number of ether oxygens (including phenoxy) is 9. The molecule has 0 radical (unpaired) electrons. The van der Waals surface area contributed by atoms with Gasteiger partial charge in [-0.1, -0.05) is 26.3 Å². The molecule has 0 saturated heterocycles. The van der Waals surface area contributed by atoms with E-state index >= 15 is 0 Å². The largest absolute Gasteiger partial charge is 0.464 e. The van der Waals surface area contributed by atoms with E-state index in [1.807, 2.05) is 0 Å². The Balaban J connectivity index is 4.16. The van der Waals surface area contributed by atoms with Gasteiger partial charge >= 0.3 is 6.01 Å². The topological polar surface area (TPSA) is 196 Å². The van der Waals surface area contributed by atoms with Crippen LogP contribution in [-0.4, -0.2) is 123 Å². The third-order valence-corrected chi connectivity index (χ3v) is 7.73. The van der Waals surface area contributed by atoms with Crippen LogP contribution in [0.2, 0.25) is 0 Å². The number of carbonyl (C=O) groups is 4. The number of allylic oxidation sites excluding steroid dienone is 4. The summed E-state index contributed by atoms with van der Waals surface area (Å²) in [5.74, 6) is -1.26. The van der Waals surface area contributed by atoms with E-state index in [9.17, 15) is 19.2 Å². The second-order valence-electron chi connectivity index (χ2n) is 12.8. The van der Waals surface area contributed by atoms with Crippen molar-refractivity contribution in [3.8, 4) is 6.01 Å². The summed E-state index contributed by atoms with van der Waals surface area (Å²) in [6.07, 6.45) is -5.53. The van der Waals surface area contributed by atoms with Gasteiger partial charge in [-0.3, -0.25) is 19.2 Å². The van der Waals surface area contributed by atoms with E-state index in [0.29, 0.717) is 22.3 Å². The van der Waals surface area contributed by atoms with Crippen LogP contribution in [0.3, 0.4) is 0 Å². The molecule has 4 atom stereocenters. The van der Waals surface area contributed by atoms with Crippen LogP contribution in [-0.2, 0) is 57.1 Å². The molecule has 0 bridgehead atoms. The van der Waals surface area contributed by atoms with Crippen LogP contribution >= 0.6 is 0 Å². The molecule has 1 heterocycles. The molecule has 1 aromatic rings. The Hall–Kier alpha value is -4.27. The fraction of sp³-hybridized carbons (Fsp3) is 0.634. The first-order valence-electron chi connectivity index (χ1n) is 19.7. The predicted octanol–water partition coefficient (Wildman–Crippen LogP) is 5.37. The molecule has 0 spiro atoms. The highest BCUT2D eigenvalue weighted by Crippen LogP contribution is 2.28. The normalized spacial score (nSPS) is 13.2. The number of aromatic nitrogens is 3. The molecule has 4 unspecified atom stereocenters. The molecule has 18 nitrogen and oxygen atoms in total. The summed E-state index contributed by atoms with van der Waals surface area (Å²) in [5, 5.41) is 0. The predicted molar refractivity (Wildman–Crippen MR) is 219 cm³/mol. The lowest BCUT2D eigenvalue weighted by atomic mass is 10.2. The second-order valence-corrected chi connectivity index (χ2v) is 12.8. The highest BCUT2D eigenvalue weighted by molar-refractivity contribution is 5.95. The fourth-order valence-corrected chi connectivity index (χ4v) is 4.60. The van der Waals surface area contributed by atoms with E-state index in [1.165, 1.54) is 9.80 Å². The summed E-state index contributed by atoms with van der Waals surface area (Å²) in [6, 6.07) is -0.191. The number of hydrogen-bond donors (Lipinski definition) is 0. The molecule has 1 aromatic heterocycles. The molecule has 0 fully saturated rings. The number of carbonyl (C=O) groups excluding carboxylic acids is 4. The van der Waals surface area contributed by atoms with Crippen molar-refractivity contribution in [3.63, 3.8) is 0 Å². The Bertz CT molecular complexity index is 1360. The van der Waals surface area contributed by atoms with Crippen LogP contribution in [0.25, 0.3) is 0 Å². The maximum absolute atomic E-state index is 12.5. The second kappa shape index (κ2) is 29.0. The lowest BCUT2D eigenvalue weighted by Gasteiger charge is -2.38. The number of hydrogen-bond acceptors (Lipinski definition) is 18. The Morgan fingerprint density at radius 2 is 0.695 bits per heavy atom. The SMILES string of the molecule is C=C(C)C(=O)CCOC(OCC)N(c1nc(OCC)nc(N(C(OCC)OCCC(=O)C(=C)C)C(OCC)OCCC(=O)C(=C)C)n1)C(OCC)OCCC(=O)C(=C)C. The van der Waals surface area contributed by atoms with E-state index in [1.54, 1.807) is 62.3 Å². The quantitative estimate of drug-likeness (QED) is 0.0617. The van der Waals surface area contributed by atoms with Crippen molar-refractivity contribution in [3.05, 3.63) is 48.6 Å². The Morgan fingerprint density at radius 3 is 0.898 bits per heavy atom. The molecule has 332 valence electrons. The Kier molecular flexibility index (Phi) is 26.0. The molecular weight excluding hydrogens is 770 g/mol. The summed E-state index contributed by atoms with van der Waals surface area (Å²) in [6.45, 7) is 30.0. The minimum absolute atomic E-state index is 0.0248. The van der Waals surface area contributed by atoms with Gasteiger partial charge in [0, 0.05) is 52.1 Å². The standard InChI is InChI=1S/C41H65N5O13/c1-14-51-37-43-35(45(38(52-15-2)56-23-19-31(47)27(6)7)39(53-16-3)57-24-20-32(48)28(8)9)42-36(44-37)46(40(54-17-4)58-25-21-33(49)29(10)11)41(55-18-5)59-26-22-34(50)30(12)13/h38-41H,6,8,10,12,14-26H2,1-5,7,9,11,13H3. The van der Waals surface area contributed by atoms with Gasteiger partial charge in [0.2, 0.25) is 37.6 Å². The van der Waals surface area contributed by atoms with E-state index < -0.39 is 25.7 Å². The van der Waals surface area contributed by atoms with Crippen molar-refractivity contribution in [2.45, 2.75) is 114 Å². The smallest absolute Gasteiger partial charge is 0.323 e. The molecule has 0 saturated carbocycles. The van der Waals surface area contributed by atoms with Gasteiger partial charge in [0.05, 0.1) is 33.0 Å². The van der Waals surface area contributed by atoms with Crippen molar-refractivity contribution in [2.75, 3.05) is 69.3 Å². The van der Waals surface area contributed by atoms with Crippen LogP contribution in [0.15, 0.2) is 48.6 Å². The Labute approximate surface area is 348 Å². The molecule has 1 rings (SSSR count). The molecule has 18 heteroatoms. The van der Waals surface area contributed by atoms with Gasteiger partial charge in [-0.2, -0.15) is 15.0 Å². The van der Waals surface area contributed by atoms with Crippen LogP contribution in [0.4, 0.5) is 11.9 Å². The fourth-order valence-electron chi connectivity index (χ4n) is 4.60. The first kappa shape index (κ1) is 52.7. The number of Topliss-reactive ketones (excluding diaryl/α,β-unsaturated/α-hetero) is 4. The zero-order chi connectivity index (χ0) is 44.5. The highest BCUT2D eigenvalue weighted by Gasteiger charge is 2.37. The monoisotopic (exact) mass is 835 g/mol. The lowest BCUT2D eigenvalue weighted by molar-refractivity contribution is -0.208. The van der Waals surface area contributed by atoms with E-state index in [4.69, 9.17) is 47.6 Å². The zero-order valence-corrected chi connectivity index (χ0v) is 36.4. The summed E-state index contributed by atoms with van der Waals surface area (Å²) in [5.41, 5.74) is 1.41. The number of ketones is 4. The van der Waals surface area contributed by atoms with Crippen molar-refractivity contribution >= 4 is 35.0 Å². The van der Waals surface area contributed by atoms with Crippen LogP contribution < -0.4 is 14.5 Å². The van der Waals surface area contributed by atoms with Crippen molar-refractivity contribution in [1.29, 1.82) is 0 Å². The maximum atomic E-state index is 12.5. The molecule has 0 N–H and O–H groups in total. The van der Waals surface area contributed by atoms with Gasteiger partial charge in [0.1, 0.15) is 0 Å². The zero-order valence-electron chi connectivity index (χ0n) is 36.4. The van der Waals surface area contributed by atoms with Crippen molar-refractivity contribution in [2.24, 2.45) is 0 Å². The first-order chi connectivity index (χ1) is 28.1. The lowest BCUT2D eigenvalue weighted by Crippen LogP contribution is -2.52. The maximum Gasteiger partial charge on any atom is 0.323 e. The van der Waals surface area contributed by atoms with Gasteiger partial charge < -0.3 is 42.6 Å². The molecule has 0 aliphatic heterocycles. The molecular formula is C41H65N5O13. The van der Waals surface area contributed by atoms with Gasteiger partial charge in [-0.15, -0.1) is 0 Å². The van der Waals surface area contributed by atoms with Gasteiger partial charge in [-0.25, -0.2) is 9.80 Å². The molecule has 0 aromatic carbocycles. The number of rotatable bonds is 36. The van der Waals surface area contributed by atoms with Crippen LogP contribution in [0, 0.1) is 0 Å². The average molecular weight is 836 g/mol. The molecule has 0 aliphatic carbocycles. The minimum atomic E-state index is -1.36. The number of anilines is 2. The molecule has 0 aliphatic rings. The van der Waals surface area contributed by atoms with E-state index in [-0.39, 0.29) is 126 Å². The van der Waals surface area contributed by atoms with Crippen molar-refractivity contribution < 1.29 is 61.8 Å². The molecule has 0 amide bonds. The van der Waals surface area contributed by atoms with Crippen LogP contribution in [0.1, 0.15) is 88.0 Å². The summed E-state index contributed by atoms with van der Waals surface area (Å²) in [7, 11) is 0. The average Bonchev–Trinajstić information content (AvgIpc) is 3.17. The van der Waals surface area contributed by atoms with Crippen LogP contribution in [0.5, 0.6) is 6.01 Å². The molecule has 59 heavy (non-hydrogen) atoms. The van der Waals surface area contributed by atoms with Gasteiger partial charge in [-0.05, 0) is 84.6 Å². The third-order valence-electron chi connectivity index (χ3n) is 7.73. The van der Waals surface area contributed by atoms with Crippen molar-refractivity contribution in [1.82, 2.24) is 15.0 Å². The Morgan fingerprint density at radius 1 is 0.441 bits per heavy atom. The highest BCUT2D eigenvalue weighted by atomic mass is 16.7. The third kappa shape index (κ3) is 19.1. The van der Waals surface area contributed by atoms with E-state index in [2.05, 4.69) is 36.3 Å².